The summed E-state index contributed by atoms with van der Waals surface area (Å²) in [5, 5.41) is 10.8. The summed E-state index contributed by atoms with van der Waals surface area (Å²) in [6.45, 7) is 1.67. The van der Waals surface area contributed by atoms with Crippen LogP contribution < -0.4 is 4.74 Å². The molecule has 60 valence electrons. The Hall–Kier alpha value is -1.03. The number of carboxylic acids is 1. The molecule has 1 rings (SSSR count). The molecule has 1 aromatic rings. The summed E-state index contributed by atoms with van der Waals surface area (Å²) in [7, 11) is 0. The summed E-state index contributed by atoms with van der Waals surface area (Å²) in [6.07, 6.45) is 0. The number of ether oxygens (including phenoxy) is 1. The van der Waals surface area contributed by atoms with Crippen LogP contribution in [0.4, 0.5) is 0 Å². The van der Waals surface area contributed by atoms with Gasteiger partial charge in [-0.1, -0.05) is 0 Å². The fraction of sp³-hybridized carbons (Fsp3) is 0.286. The molecule has 3 nitrogen and oxygen atoms in total. The summed E-state index contributed by atoms with van der Waals surface area (Å²) in [5.41, 5.74) is 1.09. The quantitative estimate of drug-likeness (QED) is 0.751. The molecule has 0 radical (unpaired) electrons. The maximum absolute atomic E-state index is 10.1. The lowest BCUT2D eigenvalue weighted by molar-refractivity contribution is -0.139. The summed E-state index contributed by atoms with van der Waals surface area (Å²) >= 11 is 1.41. The van der Waals surface area contributed by atoms with Crippen LogP contribution in [-0.4, -0.2) is 17.7 Å². The van der Waals surface area contributed by atoms with E-state index >= 15 is 0 Å². The van der Waals surface area contributed by atoms with Crippen molar-refractivity contribution in [3.05, 3.63) is 17.0 Å². The molecule has 0 saturated carbocycles. The molecule has 0 fully saturated rings. The van der Waals surface area contributed by atoms with Crippen molar-refractivity contribution < 1.29 is 14.6 Å². The number of rotatable bonds is 3. The molecule has 0 unspecified atom stereocenters. The average molecular weight is 172 g/mol. The van der Waals surface area contributed by atoms with Gasteiger partial charge >= 0.3 is 5.97 Å². The highest BCUT2D eigenvalue weighted by atomic mass is 32.1. The highest BCUT2D eigenvalue weighted by Gasteiger charge is 2.00. The number of carbonyl (C=O) groups is 1. The molecule has 1 heterocycles. The van der Waals surface area contributed by atoms with Gasteiger partial charge in [-0.15, -0.1) is 11.3 Å². The Kier molecular flexibility index (Phi) is 2.48. The first-order valence-electron chi connectivity index (χ1n) is 3.08. The molecule has 0 spiro atoms. The monoisotopic (exact) mass is 172 g/mol. The zero-order valence-electron chi connectivity index (χ0n) is 6.03. The molecule has 0 aliphatic rings. The van der Waals surface area contributed by atoms with Gasteiger partial charge in [0.15, 0.2) is 11.7 Å². The van der Waals surface area contributed by atoms with E-state index in [1.807, 2.05) is 18.4 Å². The molecule has 0 aliphatic heterocycles. The lowest BCUT2D eigenvalue weighted by Gasteiger charge is -1.96. The molecule has 1 aromatic heterocycles. The van der Waals surface area contributed by atoms with Gasteiger partial charge in [0.1, 0.15) is 0 Å². The summed E-state index contributed by atoms with van der Waals surface area (Å²) in [6, 6.07) is 1.81. The Balaban J connectivity index is 2.45. The lowest BCUT2D eigenvalue weighted by atomic mass is 10.4. The van der Waals surface area contributed by atoms with Crippen LogP contribution in [-0.2, 0) is 4.79 Å². The normalized spacial score (nSPS) is 9.55. The Morgan fingerprint density at radius 1 is 1.82 bits per heavy atom. The Bertz CT molecular complexity index is 254. The van der Waals surface area contributed by atoms with Crippen LogP contribution in [0, 0.1) is 6.92 Å². The van der Waals surface area contributed by atoms with Crippen molar-refractivity contribution in [1.29, 1.82) is 0 Å². The topological polar surface area (TPSA) is 46.5 Å². The second-order valence-electron chi connectivity index (χ2n) is 2.13. The maximum atomic E-state index is 10.1. The predicted octanol–water partition coefficient (Wildman–Crippen LogP) is 1.52. The average Bonchev–Trinajstić information content (AvgIpc) is 2.31. The van der Waals surface area contributed by atoms with Crippen LogP contribution in [0.1, 0.15) is 5.56 Å². The molecule has 4 heteroatoms. The molecule has 0 bridgehead atoms. The molecule has 0 aromatic carbocycles. The SMILES string of the molecule is Cc1csc(OCC(=O)O)c1. The van der Waals surface area contributed by atoms with Crippen LogP contribution in [0.3, 0.4) is 0 Å². The Morgan fingerprint density at radius 2 is 2.55 bits per heavy atom. The van der Waals surface area contributed by atoms with E-state index in [9.17, 15) is 4.79 Å². The Labute approximate surface area is 68.2 Å². The van der Waals surface area contributed by atoms with Gasteiger partial charge in [-0.25, -0.2) is 4.79 Å². The number of carboxylic acid groups (broad SMARTS) is 1. The number of thiophene rings is 1. The van der Waals surface area contributed by atoms with Gasteiger partial charge in [0.25, 0.3) is 0 Å². The van der Waals surface area contributed by atoms with Gasteiger partial charge in [0, 0.05) is 0 Å². The van der Waals surface area contributed by atoms with Crippen molar-refractivity contribution in [3.63, 3.8) is 0 Å². The van der Waals surface area contributed by atoms with Gasteiger partial charge in [0.05, 0.1) is 0 Å². The largest absolute Gasteiger partial charge is 0.479 e. The molecule has 0 amide bonds. The highest BCUT2D eigenvalue weighted by Crippen LogP contribution is 2.21. The van der Waals surface area contributed by atoms with E-state index in [4.69, 9.17) is 9.84 Å². The van der Waals surface area contributed by atoms with E-state index < -0.39 is 5.97 Å². The van der Waals surface area contributed by atoms with Crippen molar-refractivity contribution in [3.8, 4) is 5.06 Å². The minimum absolute atomic E-state index is 0.264. The van der Waals surface area contributed by atoms with Gasteiger partial charge in [0.2, 0.25) is 0 Å². The lowest BCUT2D eigenvalue weighted by Crippen LogP contribution is -2.08. The first-order chi connectivity index (χ1) is 5.18. The van der Waals surface area contributed by atoms with Crippen molar-refractivity contribution in [2.45, 2.75) is 6.92 Å². The minimum Gasteiger partial charge on any atom is -0.479 e. The van der Waals surface area contributed by atoms with Crippen molar-refractivity contribution in [1.82, 2.24) is 0 Å². The van der Waals surface area contributed by atoms with Crippen LogP contribution >= 0.6 is 11.3 Å². The molecule has 0 atom stereocenters. The van der Waals surface area contributed by atoms with E-state index in [2.05, 4.69) is 0 Å². The second kappa shape index (κ2) is 3.39. The van der Waals surface area contributed by atoms with Gasteiger partial charge < -0.3 is 9.84 Å². The summed E-state index contributed by atoms with van der Waals surface area (Å²) in [5.74, 6) is -0.948. The van der Waals surface area contributed by atoms with Crippen LogP contribution in [0.2, 0.25) is 0 Å². The first kappa shape index (κ1) is 8.07. The van der Waals surface area contributed by atoms with Gasteiger partial charge in [-0.3, -0.25) is 0 Å². The van der Waals surface area contributed by atoms with Crippen molar-refractivity contribution in [2.75, 3.05) is 6.61 Å². The molecule has 1 N–H and O–H groups in total. The van der Waals surface area contributed by atoms with Gasteiger partial charge in [-0.2, -0.15) is 0 Å². The third-order valence-electron chi connectivity index (χ3n) is 1.04. The molecule has 0 aliphatic carbocycles. The molecular formula is C7H8O3S. The third-order valence-corrected chi connectivity index (χ3v) is 2.00. The highest BCUT2D eigenvalue weighted by molar-refractivity contribution is 7.12. The fourth-order valence-electron chi connectivity index (χ4n) is 0.614. The standard InChI is InChI=1S/C7H8O3S/c1-5-2-7(11-4-5)10-3-6(8)9/h2,4H,3H2,1H3,(H,8,9). The van der Waals surface area contributed by atoms with Crippen molar-refractivity contribution in [2.24, 2.45) is 0 Å². The Morgan fingerprint density at radius 3 is 3.00 bits per heavy atom. The first-order valence-corrected chi connectivity index (χ1v) is 3.96. The van der Waals surface area contributed by atoms with E-state index in [0.29, 0.717) is 5.06 Å². The number of aliphatic carboxylic acids is 1. The summed E-state index contributed by atoms with van der Waals surface area (Å²) in [4.78, 5) is 10.1. The fourth-order valence-corrected chi connectivity index (χ4v) is 1.36. The molecule has 0 saturated heterocycles. The van der Waals surface area contributed by atoms with Crippen LogP contribution in [0.25, 0.3) is 0 Å². The molecule has 11 heavy (non-hydrogen) atoms. The van der Waals surface area contributed by atoms with Gasteiger partial charge in [-0.05, 0) is 23.9 Å². The van der Waals surface area contributed by atoms with Crippen LogP contribution in [0.5, 0.6) is 5.06 Å². The minimum atomic E-state index is -0.948. The summed E-state index contributed by atoms with van der Waals surface area (Å²) < 4.78 is 4.91. The number of aryl methyl sites for hydroxylation is 1. The number of hydrogen-bond donors (Lipinski definition) is 1. The second-order valence-corrected chi connectivity index (χ2v) is 3.00. The maximum Gasteiger partial charge on any atom is 0.341 e. The zero-order chi connectivity index (χ0) is 8.27. The van der Waals surface area contributed by atoms with E-state index in [0.717, 1.165) is 5.56 Å². The van der Waals surface area contributed by atoms with Crippen LogP contribution in [0.15, 0.2) is 11.4 Å². The smallest absolute Gasteiger partial charge is 0.341 e. The van der Waals surface area contributed by atoms with E-state index in [1.165, 1.54) is 11.3 Å². The number of hydrogen-bond acceptors (Lipinski definition) is 3. The van der Waals surface area contributed by atoms with E-state index in [-0.39, 0.29) is 6.61 Å². The zero-order valence-corrected chi connectivity index (χ0v) is 6.85. The van der Waals surface area contributed by atoms with E-state index in [1.54, 1.807) is 0 Å². The molecular weight excluding hydrogens is 164 g/mol. The van der Waals surface area contributed by atoms with Crippen molar-refractivity contribution >= 4 is 17.3 Å². The predicted molar refractivity (Wildman–Crippen MR) is 42.2 cm³/mol. The third kappa shape index (κ3) is 2.59.